The zero-order valence-corrected chi connectivity index (χ0v) is 5.26. The molecule has 1 fully saturated rings. The average molecular weight is 115 g/mol. The van der Waals surface area contributed by atoms with Crippen LogP contribution < -0.4 is 10.4 Å². The van der Waals surface area contributed by atoms with Crippen LogP contribution in [0.4, 0.5) is 0 Å². The summed E-state index contributed by atoms with van der Waals surface area (Å²) in [4.78, 5) is 0. The fourth-order valence-electron chi connectivity index (χ4n) is 1.11. The number of nitrogens with two attached hydrogens (primary N) is 1. The summed E-state index contributed by atoms with van der Waals surface area (Å²) in [5, 5.41) is 13.0. The monoisotopic (exact) mass is 115 g/mol. The standard InChI is InChI=1S/C6H12NO/c1-5-6(8)3-2-4-7-5/h5-7H,2-4H2,1H3/q-1/p+1. The van der Waals surface area contributed by atoms with Crippen molar-refractivity contribution < 1.29 is 10.4 Å². The lowest BCUT2D eigenvalue weighted by atomic mass is 10.0. The Morgan fingerprint density at radius 3 is 2.75 bits per heavy atom. The molecule has 1 aliphatic heterocycles. The fraction of sp³-hybridized carbons (Fsp3) is 1.00. The van der Waals surface area contributed by atoms with Crippen LogP contribution in [0.15, 0.2) is 0 Å². The van der Waals surface area contributed by atoms with E-state index in [0.717, 1.165) is 19.4 Å². The van der Waals surface area contributed by atoms with Gasteiger partial charge in [0.15, 0.2) is 0 Å². The third-order valence-corrected chi connectivity index (χ3v) is 1.82. The summed E-state index contributed by atoms with van der Waals surface area (Å²) in [5.41, 5.74) is 0. The molecule has 0 amide bonds. The minimum Gasteiger partial charge on any atom is -0.848 e. The van der Waals surface area contributed by atoms with E-state index in [1.165, 1.54) is 0 Å². The van der Waals surface area contributed by atoms with Crippen LogP contribution in [0.2, 0.25) is 0 Å². The Morgan fingerprint density at radius 2 is 2.38 bits per heavy atom. The van der Waals surface area contributed by atoms with Gasteiger partial charge in [-0.3, -0.25) is 0 Å². The van der Waals surface area contributed by atoms with E-state index in [2.05, 4.69) is 5.32 Å². The highest BCUT2D eigenvalue weighted by molar-refractivity contribution is 4.62. The first-order chi connectivity index (χ1) is 3.80. The van der Waals surface area contributed by atoms with Gasteiger partial charge in [-0.2, -0.15) is 0 Å². The van der Waals surface area contributed by atoms with Gasteiger partial charge in [0.05, 0.1) is 12.6 Å². The van der Waals surface area contributed by atoms with Gasteiger partial charge in [0.2, 0.25) is 0 Å². The van der Waals surface area contributed by atoms with Crippen LogP contribution in [0.1, 0.15) is 19.8 Å². The molecule has 1 aliphatic rings. The molecule has 1 heterocycles. The molecule has 0 aromatic carbocycles. The summed E-state index contributed by atoms with van der Waals surface area (Å²) in [6.07, 6.45) is 1.69. The molecule has 0 saturated carbocycles. The Labute approximate surface area is 49.9 Å². The normalized spacial score (nSPS) is 39.8. The molecule has 0 spiro atoms. The molecule has 2 unspecified atom stereocenters. The highest BCUT2D eigenvalue weighted by Gasteiger charge is 2.13. The SMILES string of the molecule is CC1[NH2+]CCCC1[O-]. The molecule has 2 atom stereocenters. The predicted molar refractivity (Wildman–Crippen MR) is 29.3 cm³/mol. The van der Waals surface area contributed by atoms with Crippen molar-refractivity contribution in [2.45, 2.75) is 31.9 Å². The third kappa shape index (κ3) is 1.20. The molecule has 1 saturated heterocycles. The van der Waals surface area contributed by atoms with Crippen molar-refractivity contribution in [1.29, 1.82) is 0 Å². The third-order valence-electron chi connectivity index (χ3n) is 1.82. The number of piperidine rings is 1. The topological polar surface area (TPSA) is 39.7 Å². The van der Waals surface area contributed by atoms with Crippen LogP contribution in [0.25, 0.3) is 0 Å². The number of quaternary nitrogens is 1. The molecule has 8 heavy (non-hydrogen) atoms. The van der Waals surface area contributed by atoms with Gasteiger partial charge in [-0.05, 0) is 13.3 Å². The number of rotatable bonds is 0. The molecule has 1 rings (SSSR count). The Kier molecular flexibility index (Phi) is 1.86. The maximum atomic E-state index is 10.8. The minimum atomic E-state index is -0.302. The smallest absolute Gasteiger partial charge is 0.0756 e. The van der Waals surface area contributed by atoms with Gasteiger partial charge in [-0.1, -0.05) is 12.5 Å². The molecule has 0 aromatic rings. The molecular formula is C6H13NO. The van der Waals surface area contributed by atoms with E-state index >= 15 is 0 Å². The Hall–Kier alpha value is -0.0800. The van der Waals surface area contributed by atoms with Gasteiger partial charge in [0.25, 0.3) is 0 Å². The summed E-state index contributed by atoms with van der Waals surface area (Å²) in [7, 11) is 0. The zero-order valence-electron chi connectivity index (χ0n) is 5.26. The lowest BCUT2D eigenvalue weighted by Crippen LogP contribution is -2.94. The predicted octanol–water partition coefficient (Wildman–Crippen LogP) is -1.54. The lowest BCUT2D eigenvalue weighted by molar-refractivity contribution is -0.724. The van der Waals surface area contributed by atoms with Gasteiger partial charge in [-0.15, -0.1) is 0 Å². The quantitative estimate of drug-likeness (QED) is 0.408. The van der Waals surface area contributed by atoms with Gasteiger partial charge in [-0.25, -0.2) is 0 Å². The first kappa shape index (κ1) is 6.05. The fourth-order valence-corrected chi connectivity index (χ4v) is 1.11. The van der Waals surface area contributed by atoms with Crippen molar-refractivity contribution in [2.24, 2.45) is 0 Å². The van der Waals surface area contributed by atoms with Crippen LogP contribution in [0.3, 0.4) is 0 Å². The Morgan fingerprint density at radius 1 is 1.62 bits per heavy atom. The van der Waals surface area contributed by atoms with Crippen molar-refractivity contribution in [3.63, 3.8) is 0 Å². The molecule has 0 bridgehead atoms. The first-order valence-electron chi connectivity index (χ1n) is 3.30. The Balaban J connectivity index is 2.28. The van der Waals surface area contributed by atoms with E-state index in [1.807, 2.05) is 6.92 Å². The zero-order chi connectivity index (χ0) is 5.98. The molecule has 2 N–H and O–H groups in total. The molecule has 0 radical (unpaired) electrons. The maximum absolute atomic E-state index is 10.8. The highest BCUT2D eigenvalue weighted by atomic mass is 16.3. The van der Waals surface area contributed by atoms with Crippen molar-refractivity contribution >= 4 is 0 Å². The van der Waals surface area contributed by atoms with Crippen LogP contribution in [-0.2, 0) is 0 Å². The summed E-state index contributed by atoms with van der Waals surface area (Å²) < 4.78 is 0. The second kappa shape index (κ2) is 2.46. The van der Waals surface area contributed by atoms with Gasteiger partial charge < -0.3 is 10.4 Å². The van der Waals surface area contributed by atoms with Crippen LogP contribution in [0, 0.1) is 0 Å². The van der Waals surface area contributed by atoms with E-state index in [-0.39, 0.29) is 6.10 Å². The van der Waals surface area contributed by atoms with Crippen LogP contribution in [-0.4, -0.2) is 18.7 Å². The lowest BCUT2D eigenvalue weighted by Gasteiger charge is -2.31. The second-order valence-electron chi connectivity index (χ2n) is 2.56. The maximum Gasteiger partial charge on any atom is 0.0756 e. The highest BCUT2D eigenvalue weighted by Crippen LogP contribution is 1.97. The molecule has 2 heteroatoms. The van der Waals surface area contributed by atoms with Gasteiger partial charge >= 0.3 is 0 Å². The summed E-state index contributed by atoms with van der Waals surface area (Å²) >= 11 is 0. The van der Waals surface area contributed by atoms with E-state index in [1.54, 1.807) is 0 Å². The van der Waals surface area contributed by atoms with Crippen LogP contribution in [0.5, 0.6) is 0 Å². The van der Waals surface area contributed by atoms with Crippen molar-refractivity contribution in [2.75, 3.05) is 6.54 Å². The van der Waals surface area contributed by atoms with Crippen molar-refractivity contribution in [3.05, 3.63) is 0 Å². The largest absolute Gasteiger partial charge is 0.848 e. The molecule has 0 aliphatic carbocycles. The van der Waals surface area contributed by atoms with Crippen LogP contribution >= 0.6 is 0 Å². The summed E-state index contributed by atoms with van der Waals surface area (Å²) in [6.45, 7) is 3.16. The van der Waals surface area contributed by atoms with Crippen molar-refractivity contribution in [1.82, 2.24) is 0 Å². The molecular weight excluding hydrogens is 102 g/mol. The van der Waals surface area contributed by atoms with E-state index in [4.69, 9.17) is 0 Å². The molecule has 48 valence electrons. The molecule has 0 aromatic heterocycles. The summed E-state index contributed by atoms with van der Waals surface area (Å²) in [5.74, 6) is 0. The van der Waals surface area contributed by atoms with E-state index in [9.17, 15) is 5.11 Å². The van der Waals surface area contributed by atoms with Gasteiger partial charge in [0.1, 0.15) is 0 Å². The van der Waals surface area contributed by atoms with E-state index in [0.29, 0.717) is 6.04 Å². The number of hydrogen-bond donors (Lipinski definition) is 1. The Bertz CT molecular complexity index is 64.9. The van der Waals surface area contributed by atoms with Gasteiger partial charge in [0, 0.05) is 0 Å². The minimum absolute atomic E-state index is 0.302. The van der Waals surface area contributed by atoms with Crippen molar-refractivity contribution in [3.8, 4) is 0 Å². The average Bonchev–Trinajstić information content (AvgIpc) is 1.77. The van der Waals surface area contributed by atoms with E-state index < -0.39 is 0 Å². The first-order valence-corrected chi connectivity index (χ1v) is 3.30. The number of hydrogen-bond acceptors (Lipinski definition) is 1. The second-order valence-corrected chi connectivity index (χ2v) is 2.56. The summed E-state index contributed by atoms with van der Waals surface area (Å²) in [6, 6.07) is 0.323. The molecule has 2 nitrogen and oxygen atoms in total.